The highest BCUT2D eigenvalue weighted by Crippen LogP contribution is 2.26. The van der Waals surface area contributed by atoms with Gasteiger partial charge in [0, 0.05) is 18.1 Å². The van der Waals surface area contributed by atoms with Crippen LogP contribution < -0.4 is 0 Å². The van der Waals surface area contributed by atoms with Gasteiger partial charge in [-0.15, -0.1) is 0 Å². The largest absolute Gasteiger partial charge is 0.395 e. The van der Waals surface area contributed by atoms with Gasteiger partial charge < -0.3 is 5.11 Å². The van der Waals surface area contributed by atoms with Gasteiger partial charge in [0.25, 0.3) is 0 Å². The second-order valence-electron chi connectivity index (χ2n) is 3.49. The highest BCUT2D eigenvalue weighted by molar-refractivity contribution is 9.10. The first-order valence-corrected chi connectivity index (χ1v) is 6.87. The van der Waals surface area contributed by atoms with Crippen molar-refractivity contribution in [1.82, 2.24) is 9.78 Å². The fourth-order valence-corrected chi connectivity index (χ4v) is 3.07. The Morgan fingerprint density at radius 2 is 2.27 bits per heavy atom. The van der Waals surface area contributed by atoms with Crippen molar-refractivity contribution in [3.63, 3.8) is 0 Å². The minimum Gasteiger partial charge on any atom is -0.395 e. The van der Waals surface area contributed by atoms with Crippen LogP contribution in [0.1, 0.15) is 25.2 Å². The number of nitrogens with zero attached hydrogens (tertiary/aromatic N) is 2. The third kappa shape index (κ3) is 3.23. The highest BCUT2D eigenvalue weighted by Gasteiger charge is 2.13. The van der Waals surface area contributed by atoms with Crippen molar-refractivity contribution in [2.75, 3.05) is 6.61 Å². The molecule has 0 amide bonds. The lowest BCUT2D eigenvalue weighted by Gasteiger charge is -2.07. The Kier molecular flexibility index (Phi) is 5.15. The van der Waals surface area contributed by atoms with E-state index in [1.165, 1.54) is 5.69 Å². The van der Waals surface area contributed by atoms with Gasteiger partial charge in [0.1, 0.15) is 0 Å². The average Bonchev–Trinajstić information content (AvgIpc) is 2.51. The molecular formula is C10H17BrN2OS. The monoisotopic (exact) mass is 292 g/mol. The van der Waals surface area contributed by atoms with Crippen LogP contribution in [0.5, 0.6) is 0 Å². The molecule has 1 rings (SSSR count). The number of aryl methyl sites for hydroxylation is 2. The quantitative estimate of drug-likeness (QED) is 0.905. The molecule has 1 N–H and O–H groups in total. The summed E-state index contributed by atoms with van der Waals surface area (Å²) in [5.41, 5.74) is 2.29. The molecule has 0 aromatic carbocycles. The van der Waals surface area contributed by atoms with E-state index in [-0.39, 0.29) is 11.9 Å². The number of rotatable bonds is 5. The Labute approximate surface area is 103 Å². The van der Waals surface area contributed by atoms with Gasteiger partial charge in [-0.05, 0) is 22.4 Å². The molecule has 0 radical (unpaired) electrons. The molecule has 86 valence electrons. The SMILES string of the molecule is CCc1nn(C)c(CSC(C)CO)c1Br. The number of aromatic nitrogens is 2. The van der Waals surface area contributed by atoms with E-state index in [9.17, 15) is 0 Å². The first-order chi connectivity index (χ1) is 7.10. The van der Waals surface area contributed by atoms with Crippen LogP contribution >= 0.6 is 27.7 Å². The Hall–Kier alpha value is -0.0000000000000000555. The van der Waals surface area contributed by atoms with Crippen LogP contribution in [0.2, 0.25) is 0 Å². The predicted molar refractivity (Wildman–Crippen MR) is 68.1 cm³/mol. The van der Waals surface area contributed by atoms with Crippen molar-refractivity contribution in [2.24, 2.45) is 7.05 Å². The van der Waals surface area contributed by atoms with Gasteiger partial charge in [-0.2, -0.15) is 16.9 Å². The van der Waals surface area contributed by atoms with E-state index in [1.807, 2.05) is 18.7 Å². The number of thioether (sulfide) groups is 1. The third-order valence-electron chi connectivity index (χ3n) is 2.26. The van der Waals surface area contributed by atoms with E-state index in [0.717, 1.165) is 22.3 Å². The van der Waals surface area contributed by atoms with E-state index in [4.69, 9.17) is 5.11 Å². The fraction of sp³-hybridized carbons (Fsp3) is 0.700. The molecular weight excluding hydrogens is 276 g/mol. The first-order valence-electron chi connectivity index (χ1n) is 5.02. The van der Waals surface area contributed by atoms with Gasteiger partial charge in [0.05, 0.1) is 22.5 Å². The maximum absolute atomic E-state index is 8.95. The summed E-state index contributed by atoms with van der Waals surface area (Å²) in [7, 11) is 1.96. The second kappa shape index (κ2) is 5.92. The number of hydrogen-bond donors (Lipinski definition) is 1. The summed E-state index contributed by atoms with van der Waals surface area (Å²) < 4.78 is 3.03. The standard InChI is InChI=1S/C10H17BrN2OS/c1-4-8-10(11)9(13(3)12-8)6-15-7(2)5-14/h7,14H,4-6H2,1-3H3. The van der Waals surface area contributed by atoms with E-state index in [0.29, 0.717) is 0 Å². The van der Waals surface area contributed by atoms with Crippen molar-refractivity contribution in [2.45, 2.75) is 31.3 Å². The molecule has 0 saturated carbocycles. The van der Waals surface area contributed by atoms with E-state index < -0.39 is 0 Å². The molecule has 3 nitrogen and oxygen atoms in total. The molecule has 0 aliphatic carbocycles. The Morgan fingerprint density at radius 1 is 1.60 bits per heavy atom. The minimum atomic E-state index is 0.223. The topological polar surface area (TPSA) is 38.0 Å². The van der Waals surface area contributed by atoms with Gasteiger partial charge in [-0.3, -0.25) is 4.68 Å². The summed E-state index contributed by atoms with van der Waals surface area (Å²) in [4.78, 5) is 0. The molecule has 1 atom stereocenters. The predicted octanol–water partition coefficient (Wildman–Crippen LogP) is 2.36. The fourth-order valence-electron chi connectivity index (χ4n) is 1.25. The lowest BCUT2D eigenvalue weighted by Crippen LogP contribution is -2.04. The Morgan fingerprint density at radius 3 is 2.73 bits per heavy atom. The Balaban J connectivity index is 2.72. The van der Waals surface area contributed by atoms with Crippen molar-refractivity contribution >= 4 is 27.7 Å². The third-order valence-corrected chi connectivity index (χ3v) is 4.34. The molecule has 1 aromatic rings. The molecule has 0 aliphatic rings. The van der Waals surface area contributed by atoms with Gasteiger partial charge in [0.15, 0.2) is 0 Å². The lowest BCUT2D eigenvalue weighted by molar-refractivity contribution is 0.300. The van der Waals surface area contributed by atoms with Crippen LogP contribution in [0.15, 0.2) is 4.47 Å². The summed E-state index contributed by atoms with van der Waals surface area (Å²) in [6, 6.07) is 0. The van der Waals surface area contributed by atoms with Crippen molar-refractivity contribution < 1.29 is 5.11 Å². The maximum atomic E-state index is 8.95. The van der Waals surface area contributed by atoms with Crippen LogP contribution in [0, 0.1) is 0 Å². The Bertz CT molecular complexity index is 327. The smallest absolute Gasteiger partial charge is 0.0767 e. The molecule has 5 heteroatoms. The zero-order valence-corrected chi connectivity index (χ0v) is 11.7. The zero-order chi connectivity index (χ0) is 11.4. The molecule has 1 aromatic heterocycles. The molecule has 1 unspecified atom stereocenters. The molecule has 15 heavy (non-hydrogen) atoms. The number of aliphatic hydroxyl groups excluding tert-OH is 1. The van der Waals surface area contributed by atoms with Crippen molar-refractivity contribution in [1.29, 1.82) is 0 Å². The van der Waals surface area contributed by atoms with Crippen LogP contribution in [0.3, 0.4) is 0 Å². The zero-order valence-electron chi connectivity index (χ0n) is 9.33. The summed E-state index contributed by atoms with van der Waals surface area (Å²) >= 11 is 5.32. The van der Waals surface area contributed by atoms with Crippen LogP contribution in [-0.4, -0.2) is 26.7 Å². The lowest BCUT2D eigenvalue weighted by atomic mass is 10.3. The molecule has 0 spiro atoms. The number of aliphatic hydroxyl groups is 1. The second-order valence-corrected chi connectivity index (χ2v) is 5.71. The molecule has 0 saturated heterocycles. The van der Waals surface area contributed by atoms with Crippen LogP contribution in [-0.2, 0) is 19.2 Å². The summed E-state index contributed by atoms with van der Waals surface area (Å²) in [5, 5.41) is 13.6. The van der Waals surface area contributed by atoms with Gasteiger partial charge in [0.2, 0.25) is 0 Å². The number of hydrogen-bond acceptors (Lipinski definition) is 3. The molecule has 0 fully saturated rings. The van der Waals surface area contributed by atoms with Crippen molar-refractivity contribution in [3.05, 3.63) is 15.9 Å². The molecule has 0 aliphatic heterocycles. The summed E-state index contributed by atoms with van der Waals surface area (Å²) in [6.07, 6.45) is 0.939. The summed E-state index contributed by atoms with van der Waals surface area (Å²) in [6.45, 7) is 4.34. The average molecular weight is 293 g/mol. The van der Waals surface area contributed by atoms with E-state index in [1.54, 1.807) is 11.8 Å². The van der Waals surface area contributed by atoms with Crippen LogP contribution in [0.25, 0.3) is 0 Å². The minimum absolute atomic E-state index is 0.223. The van der Waals surface area contributed by atoms with Crippen molar-refractivity contribution in [3.8, 4) is 0 Å². The van der Waals surface area contributed by atoms with Crippen LogP contribution in [0.4, 0.5) is 0 Å². The van der Waals surface area contributed by atoms with Gasteiger partial charge in [-0.25, -0.2) is 0 Å². The van der Waals surface area contributed by atoms with E-state index in [2.05, 4.69) is 28.0 Å². The van der Waals surface area contributed by atoms with Gasteiger partial charge in [-0.1, -0.05) is 13.8 Å². The highest BCUT2D eigenvalue weighted by atomic mass is 79.9. The number of halogens is 1. The first kappa shape index (κ1) is 13.1. The van der Waals surface area contributed by atoms with Gasteiger partial charge >= 0.3 is 0 Å². The molecule has 1 heterocycles. The normalized spacial score (nSPS) is 13.1. The maximum Gasteiger partial charge on any atom is 0.0767 e. The summed E-state index contributed by atoms with van der Waals surface area (Å²) in [5.74, 6) is 0.881. The van der Waals surface area contributed by atoms with E-state index >= 15 is 0 Å². The molecule has 0 bridgehead atoms.